The number of amides is 3. The highest BCUT2D eigenvalue weighted by Crippen LogP contribution is 2.46. The Morgan fingerprint density at radius 3 is 2.62 bits per heavy atom. The molecule has 2 aromatic carbocycles. The Morgan fingerprint density at radius 2 is 1.85 bits per heavy atom. The van der Waals surface area contributed by atoms with Gasteiger partial charge in [-0.2, -0.15) is 10.4 Å². The average Bonchev–Trinajstić information content (AvgIpc) is 3.73. The van der Waals surface area contributed by atoms with Crippen molar-refractivity contribution in [2.24, 2.45) is 5.92 Å². The number of fused-ring (bicyclic) bond motifs is 2. The molecule has 12 nitrogen and oxygen atoms in total. The molecule has 0 radical (unpaired) electrons. The van der Waals surface area contributed by atoms with Crippen LogP contribution in [-0.4, -0.2) is 76.8 Å². The Kier molecular flexibility index (Phi) is 9.09. The fourth-order valence-corrected chi connectivity index (χ4v) is 8.70. The topological polar surface area (TPSA) is 139 Å². The molecule has 4 aliphatic rings. The Bertz CT molecular complexity index is 2080. The van der Waals surface area contributed by atoms with Crippen LogP contribution in [-0.2, 0) is 9.59 Å². The zero-order chi connectivity index (χ0) is 35.9. The van der Waals surface area contributed by atoms with Crippen molar-refractivity contribution in [3.8, 4) is 6.07 Å². The van der Waals surface area contributed by atoms with Crippen LogP contribution in [0.25, 0.3) is 10.9 Å². The van der Waals surface area contributed by atoms with E-state index in [0.717, 1.165) is 86.0 Å². The predicted molar refractivity (Wildman–Crippen MR) is 194 cm³/mol. The lowest BCUT2D eigenvalue weighted by atomic mass is 9.84. The third-order valence-corrected chi connectivity index (χ3v) is 11.4. The minimum atomic E-state index is -0.435. The number of likely N-dealkylation sites (tertiary alicyclic amines) is 1. The number of pyridine rings is 1. The van der Waals surface area contributed by atoms with E-state index >= 15 is 4.39 Å². The molecule has 2 saturated heterocycles. The highest BCUT2D eigenvalue weighted by Gasteiger charge is 2.40. The summed E-state index contributed by atoms with van der Waals surface area (Å²) < 4.78 is 17.6. The van der Waals surface area contributed by atoms with Crippen molar-refractivity contribution in [1.29, 1.82) is 5.26 Å². The summed E-state index contributed by atoms with van der Waals surface area (Å²) in [7, 11) is 1.96. The molecule has 3 amide bonds. The summed E-state index contributed by atoms with van der Waals surface area (Å²) in [6.45, 7) is 3.40. The van der Waals surface area contributed by atoms with Gasteiger partial charge in [0, 0.05) is 42.8 Å². The van der Waals surface area contributed by atoms with Gasteiger partial charge in [-0.05, 0) is 112 Å². The lowest BCUT2D eigenvalue weighted by molar-refractivity contribution is -0.134. The molecule has 52 heavy (non-hydrogen) atoms. The average molecular weight is 704 g/mol. The van der Waals surface area contributed by atoms with Crippen LogP contribution in [0.1, 0.15) is 85.1 Å². The van der Waals surface area contributed by atoms with Crippen molar-refractivity contribution in [2.45, 2.75) is 69.4 Å². The number of nitrogens with one attached hydrogen (secondary N) is 2. The number of imide groups is 1. The maximum atomic E-state index is 15.6. The number of benzene rings is 2. The van der Waals surface area contributed by atoms with Crippen LogP contribution in [0.2, 0.25) is 0 Å². The van der Waals surface area contributed by atoms with E-state index < -0.39 is 6.04 Å². The van der Waals surface area contributed by atoms with Gasteiger partial charge in [0.25, 0.3) is 5.91 Å². The molecule has 1 atom stereocenters. The molecule has 2 aromatic heterocycles. The molecule has 3 aliphatic heterocycles. The zero-order valence-electron chi connectivity index (χ0n) is 29.2. The van der Waals surface area contributed by atoms with Crippen LogP contribution in [0.3, 0.4) is 0 Å². The summed E-state index contributed by atoms with van der Waals surface area (Å²) >= 11 is 0. The number of anilines is 3. The number of nitriles is 1. The fraction of sp³-hybridized carbons (Fsp3) is 0.436. The van der Waals surface area contributed by atoms with E-state index in [0.29, 0.717) is 37.2 Å². The van der Waals surface area contributed by atoms with Crippen LogP contribution < -0.4 is 20.4 Å². The van der Waals surface area contributed by atoms with E-state index in [1.54, 1.807) is 30.3 Å². The number of halogens is 1. The number of hydrogen-bond acceptors (Lipinski definition) is 9. The van der Waals surface area contributed by atoms with Crippen molar-refractivity contribution in [1.82, 2.24) is 25.0 Å². The van der Waals surface area contributed by atoms with Gasteiger partial charge in [-0.15, -0.1) is 0 Å². The Labute approximate surface area is 301 Å². The summed E-state index contributed by atoms with van der Waals surface area (Å²) in [5.41, 5.74) is 4.43. The standard InChI is InChI=1S/C39H42FN9O3/c1-46-23-48(34-13-14-35(50)44-39(34)52)33-12-10-30(40)36(37(33)46)25-15-17-47(18-16-25)21-24-5-8-29(9-6-24)49-22-26-19-27(7-11-31(26)45-49)43-38(51)32-4-2-3-28(20-41)42-32/h2-4,7,10-12,19,22,24-25,29,34H,5-6,8-9,13-18,21,23H2,1H3,(H,43,51)(H,44,50,52). The van der Waals surface area contributed by atoms with Gasteiger partial charge in [-0.25, -0.2) is 9.37 Å². The van der Waals surface area contributed by atoms with E-state index in [9.17, 15) is 14.4 Å². The fourth-order valence-electron chi connectivity index (χ4n) is 8.70. The quantitative estimate of drug-likeness (QED) is 0.245. The third-order valence-electron chi connectivity index (χ3n) is 11.4. The monoisotopic (exact) mass is 703 g/mol. The van der Waals surface area contributed by atoms with Crippen LogP contribution in [0.15, 0.2) is 54.7 Å². The molecule has 2 N–H and O–H groups in total. The molecule has 268 valence electrons. The second-order valence-corrected chi connectivity index (χ2v) is 14.7. The summed E-state index contributed by atoms with van der Waals surface area (Å²) in [5, 5.41) is 20.3. The second-order valence-electron chi connectivity index (χ2n) is 14.7. The first-order valence-electron chi connectivity index (χ1n) is 18.3. The van der Waals surface area contributed by atoms with Crippen molar-refractivity contribution in [2.75, 3.05) is 48.5 Å². The molecule has 5 heterocycles. The first-order chi connectivity index (χ1) is 25.2. The predicted octanol–water partition coefficient (Wildman–Crippen LogP) is 5.32. The van der Waals surface area contributed by atoms with Gasteiger partial charge in [0.2, 0.25) is 11.8 Å². The molecule has 1 saturated carbocycles. The van der Waals surface area contributed by atoms with Crippen molar-refractivity contribution < 1.29 is 18.8 Å². The summed E-state index contributed by atoms with van der Waals surface area (Å²) in [6.07, 6.45) is 8.97. The third kappa shape index (κ3) is 6.59. The van der Waals surface area contributed by atoms with Crippen LogP contribution in [0.4, 0.5) is 21.5 Å². The molecule has 0 bridgehead atoms. The minimum Gasteiger partial charge on any atom is -0.355 e. The number of rotatable bonds is 7. The number of aromatic nitrogens is 3. The minimum absolute atomic E-state index is 0.111. The summed E-state index contributed by atoms with van der Waals surface area (Å²) in [5.74, 6) is -0.342. The lowest BCUT2D eigenvalue weighted by Gasteiger charge is -2.37. The van der Waals surface area contributed by atoms with E-state index in [2.05, 4.69) is 36.3 Å². The summed E-state index contributed by atoms with van der Waals surface area (Å²) in [4.78, 5) is 47.9. The van der Waals surface area contributed by atoms with Crippen molar-refractivity contribution >= 4 is 45.7 Å². The van der Waals surface area contributed by atoms with E-state index in [1.165, 1.54) is 0 Å². The SMILES string of the molecule is CN1CN(C2CCC(=O)NC2=O)c2ccc(F)c(C3CCN(CC4CCC(n5cc6cc(NC(=O)c7cccc(C#N)n7)ccc6n5)CC4)CC3)c21. The van der Waals surface area contributed by atoms with Gasteiger partial charge < -0.3 is 20.0 Å². The molecular formula is C39H42FN9O3. The number of piperidine rings is 2. The second kappa shape index (κ2) is 14.0. The van der Waals surface area contributed by atoms with E-state index in [1.807, 2.05) is 36.2 Å². The van der Waals surface area contributed by atoms with Crippen LogP contribution >= 0.6 is 0 Å². The number of carbonyl (C=O) groups is 3. The first kappa shape index (κ1) is 33.8. The molecule has 1 aliphatic carbocycles. The normalized spacial score (nSPS) is 22.7. The number of hydrogen-bond donors (Lipinski definition) is 2. The number of nitrogens with zero attached hydrogens (tertiary/aromatic N) is 7. The maximum absolute atomic E-state index is 15.6. The van der Waals surface area contributed by atoms with Gasteiger partial charge >= 0.3 is 0 Å². The van der Waals surface area contributed by atoms with Crippen LogP contribution in [0, 0.1) is 23.1 Å². The molecule has 0 spiro atoms. The van der Waals surface area contributed by atoms with Gasteiger partial charge in [-0.1, -0.05) is 6.07 Å². The largest absolute Gasteiger partial charge is 0.355 e. The Balaban J connectivity index is 0.849. The first-order valence-corrected chi connectivity index (χ1v) is 18.3. The maximum Gasteiger partial charge on any atom is 0.274 e. The smallest absolute Gasteiger partial charge is 0.274 e. The zero-order valence-corrected chi connectivity index (χ0v) is 29.2. The van der Waals surface area contributed by atoms with Gasteiger partial charge in [0.15, 0.2) is 0 Å². The molecular weight excluding hydrogens is 661 g/mol. The van der Waals surface area contributed by atoms with Gasteiger partial charge in [-0.3, -0.25) is 24.4 Å². The number of carbonyl (C=O) groups excluding carboxylic acids is 3. The highest BCUT2D eigenvalue weighted by molar-refractivity contribution is 6.04. The Hall–Kier alpha value is -5.35. The van der Waals surface area contributed by atoms with Gasteiger partial charge in [0.05, 0.1) is 29.6 Å². The molecule has 4 aromatic rings. The van der Waals surface area contributed by atoms with Crippen molar-refractivity contribution in [3.05, 3.63) is 77.5 Å². The highest BCUT2D eigenvalue weighted by atomic mass is 19.1. The molecule has 3 fully saturated rings. The van der Waals surface area contributed by atoms with E-state index in [-0.39, 0.29) is 40.8 Å². The molecule has 8 rings (SSSR count). The summed E-state index contributed by atoms with van der Waals surface area (Å²) in [6, 6.07) is 15.6. The molecule has 1 unspecified atom stereocenters. The lowest BCUT2D eigenvalue weighted by Crippen LogP contribution is -2.53. The Morgan fingerprint density at radius 1 is 1.04 bits per heavy atom. The van der Waals surface area contributed by atoms with E-state index in [4.69, 9.17) is 10.4 Å². The van der Waals surface area contributed by atoms with Crippen molar-refractivity contribution in [3.63, 3.8) is 0 Å². The molecule has 13 heteroatoms. The van der Waals surface area contributed by atoms with Crippen LogP contribution in [0.5, 0.6) is 0 Å². The van der Waals surface area contributed by atoms with Gasteiger partial charge in [0.1, 0.15) is 29.3 Å².